The van der Waals surface area contributed by atoms with Crippen LogP contribution in [0.3, 0.4) is 0 Å². The number of amides is 1. The highest BCUT2D eigenvalue weighted by molar-refractivity contribution is 5.94. The van der Waals surface area contributed by atoms with Crippen LogP contribution in [0.2, 0.25) is 0 Å². The molecule has 0 bridgehead atoms. The summed E-state index contributed by atoms with van der Waals surface area (Å²) in [5.74, 6) is 0.954. The van der Waals surface area contributed by atoms with Gasteiger partial charge in [0.25, 0.3) is 11.7 Å². The predicted molar refractivity (Wildman–Crippen MR) is 76.5 cm³/mol. The fourth-order valence-corrected chi connectivity index (χ4v) is 3.30. The largest absolute Gasteiger partial charge is 0.448 e. The fourth-order valence-electron chi connectivity index (χ4n) is 3.30. The number of hydrogen-bond donors (Lipinski definition) is 1. The Balaban J connectivity index is 1.48. The molecule has 1 saturated heterocycles. The number of carbonyl (C=O) groups excluding carboxylic acids is 1. The highest BCUT2D eigenvalue weighted by Crippen LogP contribution is 2.47. The molecule has 21 heavy (non-hydrogen) atoms. The van der Waals surface area contributed by atoms with E-state index in [2.05, 4.69) is 5.32 Å². The van der Waals surface area contributed by atoms with Crippen LogP contribution in [0.5, 0.6) is 11.5 Å². The highest BCUT2D eigenvalue weighted by atomic mass is 16.7. The smallest absolute Gasteiger partial charge is 0.253 e. The Morgan fingerprint density at radius 3 is 2.71 bits per heavy atom. The maximum Gasteiger partial charge on any atom is 0.253 e. The summed E-state index contributed by atoms with van der Waals surface area (Å²) in [5, 5.41) is 2.89. The van der Waals surface area contributed by atoms with E-state index in [1.165, 1.54) is 0 Å². The van der Waals surface area contributed by atoms with Crippen LogP contribution in [0.4, 0.5) is 5.69 Å². The molecule has 0 aromatic heterocycles. The van der Waals surface area contributed by atoms with Crippen LogP contribution in [-0.2, 0) is 9.53 Å². The van der Waals surface area contributed by atoms with Gasteiger partial charge in [0.1, 0.15) is 6.10 Å². The zero-order chi connectivity index (χ0) is 14.3. The molecular weight excluding hydrogens is 270 g/mol. The van der Waals surface area contributed by atoms with Crippen LogP contribution < -0.4 is 14.8 Å². The number of ether oxygens (including phenoxy) is 3. The second-order valence-electron chi connectivity index (χ2n) is 5.97. The van der Waals surface area contributed by atoms with Crippen molar-refractivity contribution < 1.29 is 19.0 Å². The van der Waals surface area contributed by atoms with Crippen LogP contribution >= 0.6 is 0 Å². The lowest BCUT2D eigenvalue weighted by atomic mass is 10.2. The van der Waals surface area contributed by atoms with Crippen molar-refractivity contribution in [3.63, 3.8) is 0 Å². The van der Waals surface area contributed by atoms with Crippen molar-refractivity contribution in [3.8, 4) is 11.5 Å². The van der Waals surface area contributed by atoms with Crippen molar-refractivity contribution in [1.29, 1.82) is 0 Å². The van der Waals surface area contributed by atoms with Gasteiger partial charge in [0.05, 0.1) is 0 Å². The predicted octanol–water partition coefficient (Wildman–Crippen LogP) is 2.85. The lowest BCUT2D eigenvalue weighted by molar-refractivity contribution is -0.124. The van der Waals surface area contributed by atoms with Crippen LogP contribution in [0.25, 0.3) is 0 Å². The van der Waals surface area contributed by atoms with Gasteiger partial charge in [0, 0.05) is 31.2 Å². The lowest BCUT2D eigenvalue weighted by Gasteiger charge is -2.21. The van der Waals surface area contributed by atoms with Gasteiger partial charge in [-0.2, -0.15) is 0 Å². The Labute approximate surface area is 123 Å². The van der Waals surface area contributed by atoms with E-state index in [0.29, 0.717) is 6.61 Å². The Morgan fingerprint density at radius 2 is 1.95 bits per heavy atom. The third-order valence-corrected chi connectivity index (χ3v) is 4.39. The van der Waals surface area contributed by atoms with Gasteiger partial charge in [0.2, 0.25) is 0 Å². The molecule has 2 fully saturated rings. The quantitative estimate of drug-likeness (QED) is 0.909. The number of nitrogens with one attached hydrogen (secondary N) is 1. The number of carbonyl (C=O) groups is 1. The Morgan fingerprint density at radius 1 is 1.14 bits per heavy atom. The Bertz CT molecular complexity index is 559. The standard InChI is InChI=1S/C16H19NO4/c18-15(13-4-3-9-19-13)17-11-5-6-12-14(10-11)21-16(20-12)7-1-2-8-16/h5-6,10,13H,1-4,7-9H2,(H,17,18)/t13-/m0/s1. The van der Waals surface area contributed by atoms with E-state index in [-0.39, 0.29) is 12.0 Å². The summed E-state index contributed by atoms with van der Waals surface area (Å²) >= 11 is 0. The van der Waals surface area contributed by atoms with E-state index < -0.39 is 5.79 Å². The third kappa shape index (κ3) is 2.35. The molecule has 2 aliphatic heterocycles. The summed E-state index contributed by atoms with van der Waals surface area (Å²) in [7, 11) is 0. The Kier molecular flexibility index (Phi) is 3.03. The molecule has 4 rings (SSSR count). The number of anilines is 1. The molecule has 112 valence electrons. The zero-order valence-electron chi connectivity index (χ0n) is 11.9. The van der Waals surface area contributed by atoms with E-state index in [4.69, 9.17) is 14.2 Å². The topological polar surface area (TPSA) is 56.8 Å². The highest BCUT2D eigenvalue weighted by Gasteiger charge is 2.44. The van der Waals surface area contributed by atoms with Crippen LogP contribution in [0.15, 0.2) is 18.2 Å². The van der Waals surface area contributed by atoms with Crippen molar-refractivity contribution in [2.45, 2.75) is 50.4 Å². The first-order valence-corrected chi connectivity index (χ1v) is 7.69. The molecule has 3 aliphatic rings. The van der Waals surface area contributed by atoms with Crippen LogP contribution in [0.1, 0.15) is 38.5 Å². The minimum absolute atomic E-state index is 0.0815. The molecule has 1 atom stereocenters. The molecule has 0 unspecified atom stereocenters. The van der Waals surface area contributed by atoms with Gasteiger partial charge in [-0.25, -0.2) is 0 Å². The maximum atomic E-state index is 12.1. The van der Waals surface area contributed by atoms with Crippen LogP contribution in [0, 0.1) is 0 Å². The van der Waals surface area contributed by atoms with Gasteiger partial charge in [-0.15, -0.1) is 0 Å². The minimum atomic E-state index is -0.459. The normalized spacial score (nSPS) is 25.4. The molecule has 1 amide bonds. The average Bonchev–Trinajstić information content (AvgIpc) is 3.19. The molecule has 5 heteroatoms. The number of hydrogen-bond acceptors (Lipinski definition) is 4. The first-order valence-electron chi connectivity index (χ1n) is 7.69. The molecule has 1 aromatic carbocycles. The van der Waals surface area contributed by atoms with Crippen LogP contribution in [-0.4, -0.2) is 24.4 Å². The molecule has 0 radical (unpaired) electrons. The van der Waals surface area contributed by atoms with Gasteiger partial charge in [-0.3, -0.25) is 4.79 Å². The fraction of sp³-hybridized carbons (Fsp3) is 0.562. The zero-order valence-corrected chi connectivity index (χ0v) is 11.9. The van der Waals surface area contributed by atoms with E-state index >= 15 is 0 Å². The van der Waals surface area contributed by atoms with Crippen molar-refractivity contribution in [1.82, 2.24) is 0 Å². The van der Waals surface area contributed by atoms with Crippen molar-refractivity contribution in [2.75, 3.05) is 11.9 Å². The first kappa shape index (κ1) is 13.0. The van der Waals surface area contributed by atoms with Crippen molar-refractivity contribution >= 4 is 11.6 Å². The first-order chi connectivity index (χ1) is 10.2. The van der Waals surface area contributed by atoms with E-state index in [1.54, 1.807) is 0 Å². The maximum absolute atomic E-state index is 12.1. The molecule has 5 nitrogen and oxygen atoms in total. The average molecular weight is 289 g/mol. The second kappa shape index (κ2) is 4.91. The third-order valence-electron chi connectivity index (χ3n) is 4.39. The number of benzene rings is 1. The molecule has 1 spiro atoms. The lowest BCUT2D eigenvalue weighted by Crippen LogP contribution is -2.34. The number of fused-ring (bicyclic) bond motifs is 1. The van der Waals surface area contributed by atoms with Crippen molar-refractivity contribution in [2.24, 2.45) is 0 Å². The molecule has 2 heterocycles. The summed E-state index contributed by atoms with van der Waals surface area (Å²) in [6.07, 6.45) is 5.55. The summed E-state index contributed by atoms with van der Waals surface area (Å²) in [6.45, 7) is 0.668. The van der Waals surface area contributed by atoms with Gasteiger partial charge < -0.3 is 19.5 Å². The summed E-state index contributed by atoms with van der Waals surface area (Å²) in [6, 6.07) is 5.56. The molecular formula is C16H19NO4. The van der Waals surface area contributed by atoms with Gasteiger partial charge in [0.15, 0.2) is 11.5 Å². The minimum Gasteiger partial charge on any atom is -0.448 e. The van der Waals surface area contributed by atoms with E-state index in [1.807, 2.05) is 18.2 Å². The van der Waals surface area contributed by atoms with Gasteiger partial charge in [-0.05, 0) is 37.8 Å². The van der Waals surface area contributed by atoms with Gasteiger partial charge in [-0.1, -0.05) is 0 Å². The number of rotatable bonds is 2. The van der Waals surface area contributed by atoms with Gasteiger partial charge >= 0.3 is 0 Å². The SMILES string of the molecule is O=C(Nc1ccc2c(c1)OC1(CCCC1)O2)[C@@H]1CCCO1. The summed E-state index contributed by atoms with van der Waals surface area (Å²) in [5.41, 5.74) is 0.730. The molecule has 1 aromatic rings. The molecule has 1 aliphatic carbocycles. The second-order valence-corrected chi connectivity index (χ2v) is 5.97. The molecule has 1 N–H and O–H groups in total. The summed E-state index contributed by atoms with van der Waals surface area (Å²) < 4.78 is 17.3. The summed E-state index contributed by atoms with van der Waals surface area (Å²) in [4.78, 5) is 12.1. The monoisotopic (exact) mass is 289 g/mol. The van der Waals surface area contributed by atoms with E-state index in [0.717, 1.165) is 55.7 Å². The molecule has 1 saturated carbocycles. The van der Waals surface area contributed by atoms with Crippen molar-refractivity contribution in [3.05, 3.63) is 18.2 Å². The Hall–Kier alpha value is -1.75. The van der Waals surface area contributed by atoms with E-state index in [9.17, 15) is 4.79 Å².